The number of nitrogens with zero attached hydrogens (tertiary/aromatic N) is 5. The number of hydrogen-bond acceptors (Lipinski definition) is 4. The van der Waals surface area contributed by atoms with Gasteiger partial charge in [-0.2, -0.15) is 0 Å². The quantitative estimate of drug-likeness (QED) is 0.538. The van der Waals surface area contributed by atoms with E-state index in [-0.39, 0.29) is 5.91 Å². The van der Waals surface area contributed by atoms with Crippen LogP contribution in [-0.4, -0.2) is 36.9 Å². The zero-order valence-corrected chi connectivity index (χ0v) is 12.6. The van der Waals surface area contributed by atoms with Gasteiger partial charge in [-0.15, -0.1) is 4.57 Å². The summed E-state index contributed by atoms with van der Waals surface area (Å²) in [4.78, 5) is 26.3. The number of rotatable bonds is 2. The van der Waals surface area contributed by atoms with E-state index in [4.69, 9.17) is 4.42 Å². The number of oxazole rings is 1. The monoisotopic (exact) mass is 311 g/mol. The lowest BCUT2D eigenvalue weighted by atomic mass is 10.1. The van der Waals surface area contributed by atoms with E-state index in [0.717, 1.165) is 35.7 Å². The number of hydrogen-bond donors (Lipinski definition) is 1. The van der Waals surface area contributed by atoms with Crippen molar-refractivity contribution in [2.75, 3.05) is 6.54 Å². The molecule has 2 aliphatic heterocycles. The van der Waals surface area contributed by atoms with Gasteiger partial charge >= 0.3 is 5.89 Å². The Morgan fingerprint density at radius 3 is 3.17 bits per heavy atom. The topological polar surface area (TPSA) is 83.8 Å². The van der Waals surface area contributed by atoms with Crippen molar-refractivity contribution in [2.45, 2.75) is 19.5 Å². The smallest absolute Gasteiger partial charge is 0.390 e. The van der Waals surface area contributed by atoms with Crippen LogP contribution in [0.1, 0.15) is 27.6 Å². The van der Waals surface area contributed by atoms with E-state index in [1.165, 1.54) is 0 Å². The van der Waals surface area contributed by atoms with Crippen molar-refractivity contribution < 1.29 is 13.8 Å². The van der Waals surface area contributed by atoms with Crippen molar-refractivity contribution in [1.29, 1.82) is 0 Å². The third-order valence-electron chi connectivity index (χ3n) is 4.42. The Morgan fingerprint density at radius 2 is 2.35 bits per heavy atom. The van der Waals surface area contributed by atoms with Gasteiger partial charge in [0.05, 0.1) is 30.6 Å². The fourth-order valence-corrected chi connectivity index (χ4v) is 3.12. The van der Waals surface area contributed by atoms with Crippen molar-refractivity contribution in [3.05, 3.63) is 41.7 Å². The highest BCUT2D eigenvalue weighted by Crippen LogP contribution is 2.28. The molecule has 0 bridgehead atoms. The van der Waals surface area contributed by atoms with E-state index in [1.807, 2.05) is 22.4 Å². The highest BCUT2D eigenvalue weighted by Gasteiger charge is 2.48. The van der Waals surface area contributed by atoms with Crippen LogP contribution < -0.4 is 4.57 Å². The van der Waals surface area contributed by atoms with Crippen LogP contribution in [0, 0.1) is 0 Å². The molecule has 0 aliphatic carbocycles. The lowest BCUT2D eigenvalue weighted by Gasteiger charge is -2.24. The SMILES string of the molecule is Cn1cnc(-c2oc(C(=O)N3CCc4nc[nH]c4C3)c3[n+]2C3)c1. The van der Waals surface area contributed by atoms with Gasteiger partial charge in [-0.05, 0) is 0 Å². The van der Waals surface area contributed by atoms with Crippen LogP contribution in [0.2, 0.25) is 0 Å². The number of carbonyl (C=O) groups excluding carboxylic acids is 1. The Morgan fingerprint density at radius 1 is 1.43 bits per heavy atom. The molecule has 0 radical (unpaired) electrons. The van der Waals surface area contributed by atoms with Gasteiger partial charge in [0.2, 0.25) is 6.54 Å². The molecule has 2 aliphatic rings. The van der Waals surface area contributed by atoms with Crippen molar-refractivity contribution in [2.24, 2.45) is 7.05 Å². The summed E-state index contributed by atoms with van der Waals surface area (Å²) in [6, 6.07) is 0. The van der Waals surface area contributed by atoms with E-state index in [0.29, 0.717) is 24.7 Å². The van der Waals surface area contributed by atoms with Crippen LogP contribution in [0.25, 0.3) is 11.6 Å². The van der Waals surface area contributed by atoms with Gasteiger partial charge in [-0.3, -0.25) is 4.79 Å². The summed E-state index contributed by atoms with van der Waals surface area (Å²) in [6.07, 6.45) is 6.06. The van der Waals surface area contributed by atoms with Crippen LogP contribution in [0.15, 0.2) is 23.3 Å². The molecule has 1 amide bonds. The highest BCUT2D eigenvalue weighted by molar-refractivity contribution is 5.93. The molecular formula is C15H15N6O2+. The van der Waals surface area contributed by atoms with Crippen LogP contribution in [-0.2, 0) is 26.6 Å². The Labute approximate surface area is 131 Å². The first-order valence-corrected chi connectivity index (χ1v) is 7.55. The van der Waals surface area contributed by atoms with Crippen LogP contribution in [0.5, 0.6) is 0 Å². The summed E-state index contributed by atoms with van der Waals surface area (Å²) in [5, 5.41) is 0. The lowest BCUT2D eigenvalue weighted by molar-refractivity contribution is -0.566. The van der Waals surface area contributed by atoms with E-state index >= 15 is 0 Å². The molecule has 0 saturated heterocycles. The number of aromatic nitrogens is 5. The predicted molar refractivity (Wildman–Crippen MR) is 77.2 cm³/mol. The maximum absolute atomic E-state index is 12.8. The van der Waals surface area contributed by atoms with E-state index < -0.39 is 0 Å². The molecule has 8 nitrogen and oxygen atoms in total. The highest BCUT2D eigenvalue weighted by atomic mass is 16.4. The molecule has 0 unspecified atom stereocenters. The molecule has 0 aromatic carbocycles. The van der Waals surface area contributed by atoms with Gasteiger partial charge in [0.1, 0.15) is 0 Å². The average molecular weight is 311 g/mol. The fourth-order valence-electron chi connectivity index (χ4n) is 3.12. The number of fused-ring (bicyclic) bond motifs is 2. The first kappa shape index (κ1) is 12.6. The zero-order chi connectivity index (χ0) is 15.6. The van der Waals surface area contributed by atoms with Gasteiger partial charge < -0.3 is 18.9 Å². The molecule has 0 fully saturated rings. The number of H-pyrrole nitrogens is 1. The summed E-state index contributed by atoms with van der Waals surface area (Å²) >= 11 is 0. The van der Waals surface area contributed by atoms with E-state index in [2.05, 4.69) is 15.0 Å². The number of amides is 1. The molecule has 116 valence electrons. The van der Waals surface area contributed by atoms with Crippen molar-refractivity contribution in [1.82, 2.24) is 24.4 Å². The maximum atomic E-state index is 12.8. The van der Waals surface area contributed by atoms with Gasteiger partial charge in [-0.1, -0.05) is 0 Å². The average Bonchev–Trinajstić information content (AvgIpc) is 2.92. The van der Waals surface area contributed by atoms with Crippen LogP contribution in [0.4, 0.5) is 0 Å². The van der Waals surface area contributed by atoms with Gasteiger partial charge in [0.25, 0.3) is 17.4 Å². The van der Waals surface area contributed by atoms with Crippen molar-refractivity contribution >= 4 is 5.91 Å². The maximum Gasteiger partial charge on any atom is 0.403 e. The van der Waals surface area contributed by atoms with Gasteiger partial charge in [-0.25, -0.2) is 9.97 Å². The molecule has 0 saturated carbocycles. The third-order valence-corrected chi connectivity index (χ3v) is 4.42. The standard InChI is InChI=1S/C15H15N6O2/c1-19-4-11(18-8-19)15-21-6-12(21)13(23-15)14(22)20-3-2-9-10(5-20)17-7-16-9/h4,7-8H,2-3,5-6H2,1H3,(H,16,17)/q+1. The summed E-state index contributed by atoms with van der Waals surface area (Å²) in [6.45, 7) is 1.96. The number of aryl methyl sites for hydroxylation is 1. The Kier molecular flexibility index (Phi) is 2.37. The number of nitrogens with one attached hydrogen (secondary N) is 1. The largest absolute Gasteiger partial charge is 0.403 e. The number of carbonyl (C=O) groups is 1. The Balaban J connectivity index is 1.45. The van der Waals surface area contributed by atoms with Crippen LogP contribution >= 0.6 is 0 Å². The fraction of sp³-hybridized carbons (Fsp3) is 0.333. The summed E-state index contributed by atoms with van der Waals surface area (Å²) < 4.78 is 9.68. The zero-order valence-electron chi connectivity index (χ0n) is 12.6. The molecule has 3 aromatic heterocycles. The van der Waals surface area contributed by atoms with Crippen molar-refractivity contribution in [3.8, 4) is 11.6 Å². The molecule has 1 N–H and O–H groups in total. The van der Waals surface area contributed by atoms with Crippen molar-refractivity contribution in [3.63, 3.8) is 0 Å². The minimum Gasteiger partial charge on any atom is -0.390 e. The second-order valence-electron chi connectivity index (χ2n) is 6.00. The van der Waals surface area contributed by atoms with E-state index in [1.54, 1.807) is 17.6 Å². The summed E-state index contributed by atoms with van der Waals surface area (Å²) in [5.41, 5.74) is 3.76. The molecule has 5 heterocycles. The molecule has 8 heteroatoms. The second-order valence-corrected chi connectivity index (χ2v) is 6.00. The first-order valence-electron chi connectivity index (χ1n) is 7.55. The van der Waals surface area contributed by atoms with Crippen LogP contribution in [0.3, 0.4) is 0 Å². The molecule has 0 atom stereocenters. The minimum atomic E-state index is -0.0614. The predicted octanol–water partition coefficient (Wildman–Crippen LogP) is 0.251. The Bertz CT molecular complexity index is 934. The lowest BCUT2D eigenvalue weighted by Crippen LogP contribution is -2.36. The summed E-state index contributed by atoms with van der Waals surface area (Å²) in [5.74, 6) is 1.03. The summed E-state index contributed by atoms with van der Waals surface area (Å²) in [7, 11) is 1.91. The van der Waals surface area contributed by atoms with Gasteiger partial charge in [0.15, 0.2) is 5.69 Å². The second kappa shape index (κ2) is 4.31. The molecule has 5 rings (SSSR count). The van der Waals surface area contributed by atoms with Gasteiger partial charge in [0, 0.05) is 26.2 Å². The number of aromatic amines is 1. The number of imidazole rings is 2. The normalized spacial score (nSPS) is 15.4. The third kappa shape index (κ3) is 1.84. The van der Waals surface area contributed by atoms with E-state index in [9.17, 15) is 4.79 Å². The molecule has 3 aromatic rings. The molecular weight excluding hydrogens is 296 g/mol. The minimum absolute atomic E-state index is 0.0614. The molecule has 0 spiro atoms. The Hall–Kier alpha value is -2.90. The first-order chi connectivity index (χ1) is 11.2. The molecule has 23 heavy (non-hydrogen) atoms.